The van der Waals surface area contributed by atoms with E-state index in [9.17, 15) is 0 Å². The molecule has 8 aromatic rings. The van der Waals surface area contributed by atoms with E-state index >= 15 is 0 Å². The van der Waals surface area contributed by atoms with Gasteiger partial charge in [0.25, 0.3) is 0 Å². The van der Waals surface area contributed by atoms with Crippen LogP contribution in [0, 0.1) is 24.9 Å². The first-order valence-electron chi connectivity index (χ1n) is 20.8. The van der Waals surface area contributed by atoms with Crippen molar-refractivity contribution in [3.05, 3.63) is 180 Å². The Balaban J connectivity index is 0.000000198. The molecule has 271 valence electrons. The van der Waals surface area contributed by atoms with Crippen LogP contribution in [-0.2, 0) is 31.9 Å². The fourth-order valence-electron chi connectivity index (χ4n) is 7.26. The first-order chi connectivity index (χ1) is 27.9. The molecule has 3 nitrogen and oxygen atoms in total. The van der Waals surface area contributed by atoms with Crippen molar-refractivity contribution in [3.8, 4) is 33.6 Å². The molecule has 4 heteroatoms. The summed E-state index contributed by atoms with van der Waals surface area (Å²) in [5, 5.41) is 2.08. The summed E-state index contributed by atoms with van der Waals surface area (Å²) in [6.45, 7) is 2.28. The van der Waals surface area contributed by atoms with E-state index in [4.69, 9.17) is 11.3 Å². The molecule has 0 N–H and O–H groups in total. The largest absolute Gasteiger partial charge is 0.500 e. The first-order valence-corrected chi connectivity index (χ1v) is 18.3. The predicted molar refractivity (Wildman–Crippen MR) is 219 cm³/mol. The molecule has 0 spiro atoms. The number of furan rings is 1. The molecule has 0 aliphatic heterocycles. The minimum atomic E-state index is -2.20. The molecule has 0 saturated heterocycles. The SMILES string of the molecule is [2H]C([2H])([2H])c1cnc(-c2[c-]cccc2)cc1-c1ccccc1.[2H]C([2H])(c1ccnc(-c2[c-]cc3oc4cc(C(C)(C)c5ccccc5)ccc4c3c2)c1)C1CCCC1.[Ir]. The number of aryl methyl sites for hydroxylation is 1. The van der Waals surface area contributed by atoms with Crippen LogP contribution in [-0.4, -0.2) is 9.97 Å². The topological polar surface area (TPSA) is 38.9 Å². The molecular formula is C50H44IrN2O-2. The van der Waals surface area contributed by atoms with Gasteiger partial charge in [-0.15, -0.1) is 59.7 Å². The van der Waals surface area contributed by atoms with E-state index in [1.807, 2.05) is 84.9 Å². The van der Waals surface area contributed by atoms with Crippen LogP contribution in [0.2, 0.25) is 0 Å². The molecule has 1 aliphatic carbocycles. The van der Waals surface area contributed by atoms with Gasteiger partial charge in [-0.05, 0) is 70.5 Å². The van der Waals surface area contributed by atoms with Gasteiger partial charge in [-0.25, -0.2) is 0 Å². The average Bonchev–Trinajstić information content (AvgIpc) is 3.94. The molecular weight excluding hydrogens is 837 g/mol. The molecule has 0 unspecified atom stereocenters. The number of hydrogen-bond donors (Lipinski definition) is 0. The van der Waals surface area contributed by atoms with Gasteiger partial charge in [0, 0.05) is 50.2 Å². The van der Waals surface area contributed by atoms with Crippen LogP contribution in [0.1, 0.15) is 68.6 Å². The Bertz CT molecular complexity index is 2670. The minimum Gasteiger partial charge on any atom is -0.500 e. The van der Waals surface area contributed by atoms with E-state index in [0.29, 0.717) is 16.8 Å². The van der Waals surface area contributed by atoms with Gasteiger partial charge in [0.1, 0.15) is 5.58 Å². The molecule has 0 bridgehead atoms. The minimum absolute atomic E-state index is 0. The third-order valence-electron chi connectivity index (χ3n) is 10.4. The third kappa shape index (κ3) is 8.02. The van der Waals surface area contributed by atoms with Crippen LogP contribution in [0.15, 0.2) is 150 Å². The Hall–Kier alpha value is -5.15. The van der Waals surface area contributed by atoms with Crippen molar-refractivity contribution < 1.29 is 31.4 Å². The van der Waals surface area contributed by atoms with Crippen molar-refractivity contribution in [1.82, 2.24) is 9.97 Å². The molecule has 0 amide bonds. The summed E-state index contributed by atoms with van der Waals surface area (Å²) < 4.78 is 47.0. The Morgan fingerprint density at radius 1 is 0.741 bits per heavy atom. The maximum atomic E-state index is 8.78. The summed E-state index contributed by atoms with van der Waals surface area (Å²) >= 11 is 0. The molecule has 9 rings (SSSR count). The molecule has 0 atom stereocenters. The van der Waals surface area contributed by atoms with Crippen molar-refractivity contribution in [2.24, 2.45) is 5.92 Å². The molecule has 1 radical (unpaired) electrons. The van der Waals surface area contributed by atoms with Gasteiger partial charge in [0.15, 0.2) is 0 Å². The maximum Gasteiger partial charge on any atom is 0.121 e. The Labute approximate surface area is 339 Å². The van der Waals surface area contributed by atoms with Crippen LogP contribution in [0.3, 0.4) is 0 Å². The fourth-order valence-corrected chi connectivity index (χ4v) is 7.26. The Morgan fingerprint density at radius 3 is 2.26 bits per heavy atom. The number of aromatic nitrogens is 2. The van der Waals surface area contributed by atoms with E-state index in [1.165, 1.54) is 17.3 Å². The molecule has 3 heterocycles. The standard InChI is InChI=1S/C32H30NO.C18H14N.Ir/c1-32(2,25-10-4-3-5-11-25)26-13-14-27-28-20-24(12-15-30(28)34-31(27)21-26)29-19-23(16-17-33-29)18-22-8-6-7-9-22;1-14-13-19-18(16-10-6-3-7-11-16)12-17(14)15-8-4-2-5-9-15;/h3-5,10-11,13-17,19-22H,6-9,18H2,1-2H3;2-10,12-13H,1H3;/q2*-1;/i18D2;1D3;. The molecule has 3 aromatic heterocycles. The van der Waals surface area contributed by atoms with Gasteiger partial charge in [0.05, 0.1) is 5.58 Å². The van der Waals surface area contributed by atoms with E-state index in [0.717, 1.165) is 70.0 Å². The molecule has 1 fully saturated rings. The fraction of sp³-hybridized carbons (Fsp3) is 0.200. The number of pyridine rings is 2. The molecule has 54 heavy (non-hydrogen) atoms. The van der Waals surface area contributed by atoms with Gasteiger partial charge in [-0.2, -0.15) is 0 Å². The molecule has 5 aromatic carbocycles. The van der Waals surface area contributed by atoms with Gasteiger partial charge in [-0.1, -0.05) is 135 Å². The average molecular weight is 886 g/mol. The van der Waals surface area contributed by atoms with E-state index in [-0.39, 0.29) is 37.0 Å². The number of fused-ring (bicyclic) bond motifs is 3. The number of rotatable bonds is 7. The zero-order chi connectivity index (χ0) is 40.5. The van der Waals surface area contributed by atoms with Gasteiger partial charge in [-0.3, -0.25) is 0 Å². The van der Waals surface area contributed by atoms with Crippen LogP contribution in [0.4, 0.5) is 0 Å². The molecule has 1 aliphatic rings. The van der Waals surface area contributed by atoms with Gasteiger partial charge < -0.3 is 14.4 Å². The Morgan fingerprint density at radius 2 is 1.50 bits per heavy atom. The summed E-state index contributed by atoms with van der Waals surface area (Å²) in [7, 11) is 0. The predicted octanol–water partition coefficient (Wildman–Crippen LogP) is 13.0. The third-order valence-corrected chi connectivity index (χ3v) is 10.4. The van der Waals surface area contributed by atoms with Crippen molar-refractivity contribution in [3.63, 3.8) is 0 Å². The second-order valence-electron chi connectivity index (χ2n) is 14.2. The normalized spacial score (nSPS) is 14.9. The first kappa shape index (κ1) is 31.2. The Kier molecular flexibility index (Phi) is 9.52. The quantitative estimate of drug-likeness (QED) is 0.150. The van der Waals surface area contributed by atoms with Crippen molar-refractivity contribution in [2.45, 2.75) is 58.2 Å². The second kappa shape index (κ2) is 16.5. The van der Waals surface area contributed by atoms with E-state index in [1.54, 1.807) is 6.20 Å². The van der Waals surface area contributed by atoms with Crippen LogP contribution in [0.5, 0.6) is 0 Å². The van der Waals surface area contributed by atoms with Crippen LogP contribution in [0.25, 0.3) is 55.6 Å². The van der Waals surface area contributed by atoms with Crippen molar-refractivity contribution in [2.75, 3.05) is 0 Å². The number of benzene rings is 5. The van der Waals surface area contributed by atoms with E-state index < -0.39 is 13.2 Å². The monoisotopic (exact) mass is 886 g/mol. The summed E-state index contributed by atoms with van der Waals surface area (Å²) in [4.78, 5) is 8.88. The summed E-state index contributed by atoms with van der Waals surface area (Å²) in [6, 6.07) is 50.0. The number of nitrogens with zero attached hydrogens (tertiary/aromatic N) is 2. The zero-order valence-electron chi connectivity index (χ0n) is 35.4. The van der Waals surface area contributed by atoms with Crippen LogP contribution < -0.4 is 0 Å². The van der Waals surface area contributed by atoms with Gasteiger partial charge >= 0.3 is 0 Å². The van der Waals surface area contributed by atoms with Crippen LogP contribution >= 0.6 is 0 Å². The van der Waals surface area contributed by atoms with Crippen molar-refractivity contribution in [1.29, 1.82) is 0 Å². The maximum absolute atomic E-state index is 8.78. The van der Waals surface area contributed by atoms with Gasteiger partial charge in [0.2, 0.25) is 0 Å². The van der Waals surface area contributed by atoms with Crippen molar-refractivity contribution >= 4 is 21.9 Å². The van der Waals surface area contributed by atoms with E-state index in [2.05, 4.69) is 84.5 Å². The zero-order valence-corrected chi connectivity index (χ0v) is 32.8. The second-order valence-corrected chi connectivity index (χ2v) is 14.2. The summed E-state index contributed by atoms with van der Waals surface area (Å²) in [5.74, 6) is 0.0753. The summed E-state index contributed by atoms with van der Waals surface area (Å²) in [6.07, 6.45) is 5.96. The molecule has 1 saturated carbocycles. The summed E-state index contributed by atoms with van der Waals surface area (Å²) in [5.41, 5.74) is 9.64. The number of hydrogen-bond acceptors (Lipinski definition) is 3. The smallest absolute Gasteiger partial charge is 0.121 e.